The van der Waals surface area contributed by atoms with Crippen LogP contribution in [0.15, 0.2) is 0 Å². The molecule has 1 unspecified atom stereocenters. The van der Waals surface area contributed by atoms with Crippen molar-refractivity contribution in [3.8, 4) is 0 Å². The summed E-state index contributed by atoms with van der Waals surface area (Å²) in [6, 6.07) is 0.0467. The van der Waals surface area contributed by atoms with Gasteiger partial charge in [-0.2, -0.15) is 15.0 Å². The smallest absolute Gasteiger partial charge is 0.229 e. The van der Waals surface area contributed by atoms with Gasteiger partial charge in [0.05, 0.1) is 0 Å². The van der Waals surface area contributed by atoms with Crippen LogP contribution in [0, 0.1) is 5.41 Å². The summed E-state index contributed by atoms with van der Waals surface area (Å²) < 4.78 is 0. The van der Waals surface area contributed by atoms with Crippen molar-refractivity contribution in [2.45, 2.75) is 40.2 Å². The van der Waals surface area contributed by atoms with Crippen LogP contribution < -0.4 is 10.6 Å². The van der Waals surface area contributed by atoms with Crippen LogP contribution >= 0.6 is 11.6 Å². The molecule has 0 saturated heterocycles. The number of hydrogen-bond acceptors (Lipinski definition) is 6. The first-order valence-electron chi connectivity index (χ1n) is 6.39. The number of nitrogens with one attached hydrogen (secondary N) is 2. The molecule has 0 aliphatic rings. The molecule has 19 heavy (non-hydrogen) atoms. The number of anilines is 2. The Balaban J connectivity index is 2.89. The molecular weight excluding hydrogens is 266 g/mol. The van der Waals surface area contributed by atoms with Crippen molar-refractivity contribution < 1.29 is 5.11 Å². The largest absolute Gasteiger partial charge is 0.396 e. The summed E-state index contributed by atoms with van der Waals surface area (Å²) in [5.41, 5.74) is -0.0276. The number of halogens is 1. The second-order valence-electron chi connectivity index (χ2n) is 5.36. The lowest BCUT2D eigenvalue weighted by Gasteiger charge is -2.31. The van der Waals surface area contributed by atoms with Crippen molar-refractivity contribution >= 4 is 23.5 Å². The van der Waals surface area contributed by atoms with Gasteiger partial charge in [-0.05, 0) is 30.4 Å². The Morgan fingerprint density at radius 3 is 2.37 bits per heavy atom. The topological polar surface area (TPSA) is 83.0 Å². The van der Waals surface area contributed by atoms with Gasteiger partial charge in [-0.1, -0.05) is 20.8 Å². The van der Waals surface area contributed by atoms with Crippen LogP contribution in [0.1, 0.15) is 34.1 Å². The van der Waals surface area contributed by atoms with E-state index >= 15 is 0 Å². The monoisotopic (exact) mass is 287 g/mol. The van der Waals surface area contributed by atoms with E-state index in [1.165, 1.54) is 0 Å². The molecule has 1 aromatic heterocycles. The van der Waals surface area contributed by atoms with Gasteiger partial charge < -0.3 is 15.7 Å². The van der Waals surface area contributed by atoms with E-state index in [0.29, 0.717) is 24.9 Å². The molecule has 0 spiro atoms. The van der Waals surface area contributed by atoms with Crippen molar-refractivity contribution in [2.75, 3.05) is 23.8 Å². The molecule has 1 heterocycles. The lowest BCUT2D eigenvalue weighted by Crippen LogP contribution is -2.35. The Kier molecular flexibility index (Phi) is 5.75. The summed E-state index contributed by atoms with van der Waals surface area (Å²) in [6.45, 7) is 9.04. The molecule has 0 aliphatic heterocycles. The van der Waals surface area contributed by atoms with E-state index in [9.17, 15) is 0 Å². The molecule has 0 bridgehead atoms. The van der Waals surface area contributed by atoms with Crippen molar-refractivity contribution in [1.82, 2.24) is 15.0 Å². The molecule has 0 saturated carbocycles. The molecule has 6 nitrogen and oxygen atoms in total. The third-order valence-electron chi connectivity index (χ3n) is 2.71. The van der Waals surface area contributed by atoms with E-state index in [0.717, 1.165) is 0 Å². The average Bonchev–Trinajstić information content (AvgIpc) is 2.27. The third-order valence-corrected chi connectivity index (χ3v) is 2.88. The van der Waals surface area contributed by atoms with Gasteiger partial charge in [0.1, 0.15) is 0 Å². The highest BCUT2D eigenvalue weighted by atomic mass is 35.5. The first kappa shape index (κ1) is 15.9. The number of rotatable bonds is 6. The number of nitrogens with zero attached hydrogens (tertiary/aromatic N) is 3. The predicted molar refractivity (Wildman–Crippen MR) is 77.6 cm³/mol. The van der Waals surface area contributed by atoms with E-state index in [-0.39, 0.29) is 23.3 Å². The molecule has 108 valence electrons. The lowest BCUT2D eigenvalue weighted by atomic mass is 9.85. The molecule has 0 radical (unpaired) electrons. The summed E-state index contributed by atoms with van der Waals surface area (Å²) in [5, 5.41) is 15.5. The average molecular weight is 288 g/mol. The number of aliphatic hydroxyl groups excluding tert-OH is 1. The molecule has 0 amide bonds. The minimum atomic E-state index is -0.0276. The molecule has 1 atom stereocenters. The number of hydrogen-bond donors (Lipinski definition) is 3. The van der Waals surface area contributed by atoms with Gasteiger partial charge in [-0.3, -0.25) is 0 Å². The number of aliphatic hydroxyl groups is 1. The maximum Gasteiger partial charge on any atom is 0.229 e. The first-order valence-corrected chi connectivity index (χ1v) is 6.77. The Bertz CT molecular complexity index is 408. The van der Waals surface area contributed by atoms with Gasteiger partial charge in [-0.25, -0.2) is 0 Å². The second kappa shape index (κ2) is 6.86. The summed E-state index contributed by atoms with van der Waals surface area (Å²) in [7, 11) is 0. The third kappa shape index (κ3) is 5.16. The Hall–Kier alpha value is -1.14. The summed E-state index contributed by atoms with van der Waals surface area (Å²) in [5.74, 6) is 0.867. The van der Waals surface area contributed by atoms with Gasteiger partial charge in [0.25, 0.3) is 0 Å². The van der Waals surface area contributed by atoms with Crippen LogP contribution in [0.25, 0.3) is 0 Å². The molecule has 0 aliphatic carbocycles. The van der Waals surface area contributed by atoms with Gasteiger partial charge in [0.15, 0.2) is 0 Å². The predicted octanol–water partition coefficient (Wildman–Crippen LogP) is 2.17. The van der Waals surface area contributed by atoms with Gasteiger partial charge in [-0.15, -0.1) is 0 Å². The maximum absolute atomic E-state index is 9.14. The fraction of sp³-hybridized carbons (Fsp3) is 0.750. The number of aromatic nitrogens is 3. The normalized spacial score (nSPS) is 13.2. The van der Waals surface area contributed by atoms with E-state index in [1.807, 2.05) is 6.92 Å². The Morgan fingerprint density at radius 2 is 1.84 bits per heavy atom. The highest BCUT2D eigenvalue weighted by molar-refractivity contribution is 6.28. The Morgan fingerprint density at radius 1 is 1.21 bits per heavy atom. The first-order chi connectivity index (χ1) is 8.86. The highest BCUT2D eigenvalue weighted by Crippen LogP contribution is 2.24. The molecule has 7 heteroatoms. The zero-order valence-corrected chi connectivity index (χ0v) is 12.6. The van der Waals surface area contributed by atoms with Crippen LogP contribution in [-0.4, -0.2) is 39.3 Å². The van der Waals surface area contributed by atoms with E-state index < -0.39 is 0 Å². The van der Waals surface area contributed by atoms with Crippen LogP contribution in [0.3, 0.4) is 0 Å². The van der Waals surface area contributed by atoms with Crippen LogP contribution in [0.2, 0.25) is 5.28 Å². The molecule has 1 aromatic rings. The van der Waals surface area contributed by atoms with Gasteiger partial charge >= 0.3 is 0 Å². The quantitative estimate of drug-likeness (QED) is 0.744. The van der Waals surface area contributed by atoms with Crippen LogP contribution in [0.4, 0.5) is 11.9 Å². The minimum absolute atomic E-state index is 0.0276. The molecule has 0 aromatic carbocycles. The van der Waals surface area contributed by atoms with Gasteiger partial charge in [0.2, 0.25) is 17.2 Å². The molecule has 3 N–H and O–H groups in total. The van der Waals surface area contributed by atoms with Crippen molar-refractivity contribution in [3.63, 3.8) is 0 Å². The summed E-state index contributed by atoms with van der Waals surface area (Å²) in [4.78, 5) is 12.3. The van der Waals surface area contributed by atoms with Crippen LogP contribution in [-0.2, 0) is 0 Å². The highest BCUT2D eigenvalue weighted by Gasteiger charge is 2.25. The zero-order valence-electron chi connectivity index (χ0n) is 11.9. The van der Waals surface area contributed by atoms with E-state index in [4.69, 9.17) is 16.7 Å². The lowest BCUT2D eigenvalue weighted by molar-refractivity contribution is 0.235. The van der Waals surface area contributed by atoms with Gasteiger partial charge in [0, 0.05) is 19.2 Å². The van der Waals surface area contributed by atoms with Crippen molar-refractivity contribution in [2.24, 2.45) is 5.41 Å². The van der Waals surface area contributed by atoms with E-state index in [2.05, 4.69) is 46.4 Å². The standard InChI is InChI=1S/C12H22ClN5O/c1-5-14-10-16-9(13)17-11(18-10)15-8(6-7-19)12(2,3)4/h8,19H,5-7H2,1-4H3,(H2,14,15,16,17,18). The summed E-state index contributed by atoms with van der Waals surface area (Å²) >= 11 is 5.87. The van der Waals surface area contributed by atoms with Crippen molar-refractivity contribution in [1.29, 1.82) is 0 Å². The maximum atomic E-state index is 9.14. The zero-order chi connectivity index (χ0) is 14.5. The fourth-order valence-electron chi connectivity index (χ4n) is 1.66. The van der Waals surface area contributed by atoms with Crippen LogP contribution in [0.5, 0.6) is 0 Å². The fourth-order valence-corrected chi connectivity index (χ4v) is 1.82. The second-order valence-corrected chi connectivity index (χ2v) is 5.70. The summed E-state index contributed by atoms with van der Waals surface area (Å²) in [6.07, 6.45) is 0.614. The minimum Gasteiger partial charge on any atom is -0.396 e. The Labute approximate surface area is 119 Å². The molecule has 1 rings (SSSR count). The molecular formula is C12H22ClN5O. The molecule has 0 fully saturated rings. The van der Waals surface area contributed by atoms with Crippen molar-refractivity contribution in [3.05, 3.63) is 5.28 Å². The SMILES string of the molecule is CCNc1nc(Cl)nc(NC(CCO)C(C)(C)C)n1. The van der Waals surface area contributed by atoms with E-state index in [1.54, 1.807) is 0 Å².